The van der Waals surface area contributed by atoms with Gasteiger partial charge in [0.2, 0.25) is 12.5 Å². The van der Waals surface area contributed by atoms with Gasteiger partial charge in [0.05, 0.1) is 27.4 Å². The first-order valence-corrected chi connectivity index (χ1v) is 14.0. The van der Waals surface area contributed by atoms with Gasteiger partial charge in [-0.2, -0.15) is 11.8 Å². The monoisotopic (exact) mass is 549 g/mol. The molecule has 0 saturated carbocycles. The highest BCUT2D eigenvalue weighted by molar-refractivity contribution is 7.97. The molecule has 0 spiro atoms. The van der Waals surface area contributed by atoms with E-state index in [9.17, 15) is 4.79 Å². The lowest BCUT2D eigenvalue weighted by atomic mass is 9.83. The van der Waals surface area contributed by atoms with E-state index in [-0.39, 0.29) is 12.8 Å². The number of carbonyl (C=O) groups excluding carboxylic acids is 1. The molecule has 0 radical (unpaired) electrons. The van der Waals surface area contributed by atoms with Gasteiger partial charge in [-0.1, -0.05) is 36.4 Å². The lowest BCUT2D eigenvalue weighted by Crippen LogP contribution is -2.37. The molecule has 39 heavy (non-hydrogen) atoms. The Kier molecular flexibility index (Phi) is 6.95. The molecule has 3 heterocycles. The van der Waals surface area contributed by atoms with Gasteiger partial charge in [0, 0.05) is 34.7 Å². The maximum Gasteiger partial charge on any atom is 0.343 e. The Labute approximate surface area is 232 Å². The Hall–Kier alpha value is -3.56. The average Bonchev–Trinajstić information content (AvgIpc) is 3.57. The molecular formula is C30H31NO7S. The number of carbonyl (C=O) groups is 1. The molecule has 9 heteroatoms. The summed E-state index contributed by atoms with van der Waals surface area (Å²) in [6.07, 6.45) is 0.256. The molecule has 3 aromatic rings. The Morgan fingerprint density at radius 2 is 1.72 bits per heavy atom. The summed E-state index contributed by atoms with van der Waals surface area (Å²) in [5, 5.41) is 0. The zero-order valence-corrected chi connectivity index (χ0v) is 23.3. The van der Waals surface area contributed by atoms with Crippen LogP contribution >= 0.6 is 11.8 Å². The number of likely N-dealkylation sites (N-methyl/N-ethyl adjacent to an activating group) is 1. The second-order valence-corrected chi connectivity index (χ2v) is 10.7. The van der Waals surface area contributed by atoms with E-state index in [0.717, 1.165) is 46.9 Å². The number of esters is 1. The highest BCUT2D eigenvalue weighted by Gasteiger charge is 2.47. The van der Waals surface area contributed by atoms with E-state index in [1.165, 1.54) is 18.2 Å². The van der Waals surface area contributed by atoms with Crippen molar-refractivity contribution in [1.29, 1.82) is 0 Å². The minimum Gasteiger partial charge on any atom is -0.493 e. The number of ether oxygens (including phenoxy) is 6. The number of fused-ring (bicyclic) bond motifs is 3. The van der Waals surface area contributed by atoms with E-state index in [4.69, 9.17) is 28.4 Å². The maximum absolute atomic E-state index is 13.2. The van der Waals surface area contributed by atoms with Crippen LogP contribution in [0.5, 0.6) is 28.7 Å². The Bertz CT molecular complexity index is 1410. The van der Waals surface area contributed by atoms with Gasteiger partial charge in [-0.25, -0.2) is 4.79 Å². The van der Waals surface area contributed by atoms with Crippen molar-refractivity contribution in [3.8, 4) is 28.7 Å². The fourth-order valence-electron chi connectivity index (χ4n) is 5.92. The summed E-state index contributed by atoms with van der Waals surface area (Å²) >= 11 is 1.84. The van der Waals surface area contributed by atoms with Crippen LogP contribution in [0.1, 0.15) is 50.3 Å². The molecule has 0 N–H and O–H groups in total. The van der Waals surface area contributed by atoms with Crippen LogP contribution in [0.25, 0.3) is 0 Å². The van der Waals surface area contributed by atoms with E-state index in [0.29, 0.717) is 28.6 Å². The normalized spacial score (nSPS) is 19.3. The van der Waals surface area contributed by atoms with Crippen LogP contribution in [0.2, 0.25) is 0 Å². The van der Waals surface area contributed by atoms with E-state index < -0.39 is 12.1 Å². The van der Waals surface area contributed by atoms with Gasteiger partial charge in [0.1, 0.15) is 11.7 Å². The molecule has 204 valence electrons. The predicted octanol–water partition coefficient (Wildman–Crippen LogP) is 5.32. The lowest BCUT2D eigenvalue weighted by molar-refractivity contribution is 0.00870. The van der Waals surface area contributed by atoms with Gasteiger partial charge in [0.25, 0.3) is 0 Å². The molecular weight excluding hydrogens is 518 g/mol. The van der Waals surface area contributed by atoms with Gasteiger partial charge < -0.3 is 28.4 Å². The van der Waals surface area contributed by atoms with E-state index in [2.05, 4.69) is 29.2 Å². The highest BCUT2D eigenvalue weighted by Crippen LogP contribution is 2.57. The van der Waals surface area contributed by atoms with Gasteiger partial charge in [0.15, 0.2) is 23.0 Å². The van der Waals surface area contributed by atoms with Crippen molar-refractivity contribution in [3.63, 3.8) is 0 Å². The van der Waals surface area contributed by atoms with Crippen molar-refractivity contribution in [1.82, 2.24) is 4.90 Å². The Balaban J connectivity index is 1.45. The molecule has 3 aliphatic heterocycles. The zero-order valence-electron chi connectivity index (χ0n) is 22.4. The third-order valence-electron chi connectivity index (χ3n) is 7.68. The molecule has 6 rings (SSSR count). The average molecular weight is 550 g/mol. The largest absolute Gasteiger partial charge is 0.493 e. The molecule has 0 unspecified atom stereocenters. The predicted molar refractivity (Wildman–Crippen MR) is 147 cm³/mol. The van der Waals surface area contributed by atoms with Crippen LogP contribution in [-0.4, -0.2) is 52.6 Å². The number of hydrogen-bond acceptors (Lipinski definition) is 9. The van der Waals surface area contributed by atoms with Crippen molar-refractivity contribution in [2.24, 2.45) is 0 Å². The van der Waals surface area contributed by atoms with Crippen molar-refractivity contribution in [2.75, 3.05) is 41.7 Å². The summed E-state index contributed by atoms with van der Waals surface area (Å²) in [5.41, 5.74) is 5.71. The summed E-state index contributed by atoms with van der Waals surface area (Å²) in [4.78, 5) is 15.4. The summed E-state index contributed by atoms with van der Waals surface area (Å²) in [6.45, 7) is 0.928. The minimum atomic E-state index is -0.560. The highest BCUT2D eigenvalue weighted by atomic mass is 32.2. The number of hydrogen-bond donors (Lipinski definition) is 0. The first-order valence-electron chi connectivity index (χ1n) is 12.9. The first kappa shape index (κ1) is 25.7. The topological polar surface area (TPSA) is 75.7 Å². The van der Waals surface area contributed by atoms with E-state index >= 15 is 0 Å². The second kappa shape index (κ2) is 10.5. The summed E-state index contributed by atoms with van der Waals surface area (Å²) in [7, 11) is 6.78. The fraction of sp³-hybridized carbons (Fsp3) is 0.367. The van der Waals surface area contributed by atoms with Crippen molar-refractivity contribution in [2.45, 2.75) is 30.1 Å². The number of cyclic esters (lactones) is 1. The zero-order chi connectivity index (χ0) is 27.1. The number of thioether (sulfide) groups is 1. The van der Waals surface area contributed by atoms with Crippen LogP contribution < -0.4 is 23.7 Å². The Morgan fingerprint density at radius 1 is 0.949 bits per heavy atom. The van der Waals surface area contributed by atoms with Crippen LogP contribution in [0.4, 0.5) is 0 Å². The van der Waals surface area contributed by atoms with E-state index in [1.54, 1.807) is 14.2 Å². The van der Waals surface area contributed by atoms with Gasteiger partial charge in [-0.15, -0.1) is 0 Å². The Morgan fingerprint density at radius 3 is 2.46 bits per heavy atom. The maximum atomic E-state index is 13.2. The van der Waals surface area contributed by atoms with Crippen LogP contribution in [0.15, 0.2) is 42.5 Å². The van der Waals surface area contributed by atoms with Crippen LogP contribution in [0, 0.1) is 0 Å². The smallest absolute Gasteiger partial charge is 0.343 e. The fourth-order valence-corrected chi connectivity index (χ4v) is 6.96. The third kappa shape index (κ3) is 4.24. The van der Waals surface area contributed by atoms with Crippen LogP contribution in [-0.2, 0) is 22.7 Å². The van der Waals surface area contributed by atoms with Crippen molar-refractivity contribution in [3.05, 3.63) is 75.8 Å². The van der Waals surface area contributed by atoms with Crippen LogP contribution in [0.3, 0.4) is 0 Å². The molecule has 0 amide bonds. The molecule has 0 bridgehead atoms. The molecule has 0 fully saturated rings. The molecule has 0 aliphatic carbocycles. The number of rotatable bonds is 8. The van der Waals surface area contributed by atoms with E-state index in [1.807, 2.05) is 37.0 Å². The molecule has 2 atom stereocenters. The molecule has 0 saturated heterocycles. The van der Waals surface area contributed by atoms with Gasteiger partial charge in [-0.05, 0) is 30.7 Å². The molecule has 8 nitrogen and oxygen atoms in total. The SMILES string of the molecule is COc1ccc2c(c1OC)C(=O)O[C@@H]2[C@H]1c2c(c(CSCc3ccccc3)c3c(c2OC)OCO3)CCN1C. The van der Waals surface area contributed by atoms with Gasteiger partial charge in [-0.3, -0.25) is 4.90 Å². The lowest BCUT2D eigenvalue weighted by Gasteiger charge is -2.39. The molecule has 3 aliphatic rings. The molecule has 0 aromatic heterocycles. The number of benzene rings is 3. The first-order chi connectivity index (χ1) is 19.1. The van der Waals surface area contributed by atoms with Crippen molar-refractivity contribution >= 4 is 17.7 Å². The third-order valence-corrected chi connectivity index (χ3v) is 8.71. The van der Waals surface area contributed by atoms with Gasteiger partial charge >= 0.3 is 5.97 Å². The number of nitrogens with zero attached hydrogens (tertiary/aromatic N) is 1. The standard InChI is InChI=1S/C30H31NO7S/c1-31-13-12-18-20(15-39-14-17-8-6-5-7-9-17)26-29(37-16-36-26)28(35-4)22(18)24(31)25-19-10-11-21(33-2)27(34-3)23(19)30(32)38-25/h5-11,24-25H,12-16H2,1-4H3/t24-,25+/m1/s1. The van der Waals surface area contributed by atoms with Crippen molar-refractivity contribution < 1.29 is 33.2 Å². The summed E-state index contributed by atoms with van der Waals surface area (Å²) in [6, 6.07) is 13.9. The molecule has 3 aromatic carbocycles. The minimum absolute atomic E-state index is 0.143. The summed E-state index contributed by atoms with van der Waals surface area (Å²) < 4.78 is 35.1. The quantitative estimate of drug-likeness (QED) is 0.347. The second-order valence-electron chi connectivity index (χ2n) is 9.71. The number of methoxy groups -OCH3 is 3. The summed E-state index contributed by atoms with van der Waals surface area (Å²) in [5.74, 6) is 4.10.